The van der Waals surface area contributed by atoms with Gasteiger partial charge >= 0.3 is 0 Å². The van der Waals surface area contributed by atoms with Gasteiger partial charge in [-0.2, -0.15) is 0 Å². The molecular formula is C13H17N3O2S. The Morgan fingerprint density at radius 1 is 1.47 bits per heavy atom. The van der Waals surface area contributed by atoms with Crippen molar-refractivity contribution in [3.63, 3.8) is 0 Å². The first-order valence-corrected chi connectivity index (χ1v) is 6.57. The van der Waals surface area contributed by atoms with E-state index in [1.807, 2.05) is 22.8 Å². The number of nitrogens with two attached hydrogens (primary N) is 1. The lowest BCUT2D eigenvalue weighted by Crippen LogP contribution is -2.10. The van der Waals surface area contributed by atoms with Crippen LogP contribution in [0.4, 0.5) is 0 Å². The SMILES string of the molecule is COc1ccc2c(c1)[nH]c(=S)n2CCCCC(N)=O. The van der Waals surface area contributed by atoms with E-state index in [1.54, 1.807) is 7.11 Å². The van der Waals surface area contributed by atoms with Crippen molar-refractivity contribution in [3.8, 4) is 5.75 Å². The van der Waals surface area contributed by atoms with Gasteiger partial charge in [0.2, 0.25) is 5.91 Å². The fourth-order valence-electron chi connectivity index (χ4n) is 2.06. The summed E-state index contributed by atoms with van der Waals surface area (Å²) in [6.45, 7) is 0.776. The first kappa shape index (κ1) is 13.6. The van der Waals surface area contributed by atoms with Gasteiger partial charge in [0.15, 0.2) is 4.77 Å². The third-order valence-corrected chi connectivity index (χ3v) is 3.36. The fraction of sp³-hybridized carbons (Fsp3) is 0.385. The molecule has 1 amide bonds. The number of aryl methyl sites for hydroxylation is 1. The number of aromatic nitrogens is 2. The number of carbonyl (C=O) groups is 1. The molecule has 0 aliphatic heterocycles. The zero-order valence-corrected chi connectivity index (χ0v) is 11.6. The number of carbonyl (C=O) groups excluding carboxylic acids is 1. The third kappa shape index (κ3) is 3.14. The van der Waals surface area contributed by atoms with Gasteiger partial charge in [-0.05, 0) is 37.2 Å². The summed E-state index contributed by atoms with van der Waals surface area (Å²) in [4.78, 5) is 13.8. The molecule has 0 fully saturated rings. The monoisotopic (exact) mass is 279 g/mol. The van der Waals surface area contributed by atoms with Crippen LogP contribution < -0.4 is 10.5 Å². The molecule has 0 spiro atoms. The zero-order valence-electron chi connectivity index (χ0n) is 10.8. The highest BCUT2D eigenvalue weighted by Crippen LogP contribution is 2.20. The molecule has 19 heavy (non-hydrogen) atoms. The minimum Gasteiger partial charge on any atom is -0.497 e. The summed E-state index contributed by atoms with van der Waals surface area (Å²) in [6, 6.07) is 5.81. The first-order valence-electron chi connectivity index (χ1n) is 6.16. The van der Waals surface area contributed by atoms with Gasteiger partial charge in [-0.3, -0.25) is 4.79 Å². The summed E-state index contributed by atoms with van der Waals surface area (Å²) in [7, 11) is 1.64. The van der Waals surface area contributed by atoms with Crippen molar-refractivity contribution < 1.29 is 9.53 Å². The van der Waals surface area contributed by atoms with Crippen LogP contribution in [0.1, 0.15) is 19.3 Å². The van der Waals surface area contributed by atoms with E-state index >= 15 is 0 Å². The number of methoxy groups -OCH3 is 1. The number of unbranched alkanes of at least 4 members (excludes halogenated alkanes) is 1. The van der Waals surface area contributed by atoms with Crippen LogP contribution in [0.3, 0.4) is 0 Å². The summed E-state index contributed by atoms with van der Waals surface area (Å²) in [5.41, 5.74) is 7.12. The van der Waals surface area contributed by atoms with E-state index in [1.165, 1.54) is 0 Å². The van der Waals surface area contributed by atoms with E-state index in [0.717, 1.165) is 36.2 Å². The molecule has 1 aromatic carbocycles. The van der Waals surface area contributed by atoms with E-state index in [0.29, 0.717) is 11.2 Å². The summed E-state index contributed by atoms with van der Waals surface area (Å²) in [5, 5.41) is 0. The maximum absolute atomic E-state index is 10.7. The van der Waals surface area contributed by atoms with Crippen LogP contribution in [-0.4, -0.2) is 22.6 Å². The first-order chi connectivity index (χ1) is 9.11. The van der Waals surface area contributed by atoms with Crippen LogP contribution in [0.15, 0.2) is 18.2 Å². The number of hydrogen-bond acceptors (Lipinski definition) is 3. The van der Waals surface area contributed by atoms with Crippen molar-refractivity contribution in [2.24, 2.45) is 5.73 Å². The molecule has 0 bridgehead atoms. The number of H-pyrrole nitrogens is 1. The Kier molecular flexibility index (Phi) is 4.21. The highest BCUT2D eigenvalue weighted by molar-refractivity contribution is 7.71. The van der Waals surface area contributed by atoms with Crippen molar-refractivity contribution in [1.29, 1.82) is 0 Å². The number of hydrogen-bond donors (Lipinski definition) is 2. The lowest BCUT2D eigenvalue weighted by Gasteiger charge is -2.04. The van der Waals surface area contributed by atoms with E-state index in [-0.39, 0.29) is 5.91 Å². The molecule has 0 unspecified atom stereocenters. The molecule has 0 radical (unpaired) electrons. The fourth-order valence-corrected chi connectivity index (χ4v) is 2.36. The second-order valence-corrected chi connectivity index (χ2v) is 4.77. The van der Waals surface area contributed by atoms with Gasteiger partial charge in [-0.1, -0.05) is 0 Å². The molecule has 0 saturated carbocycles. The summed E-state index contributed by atoms with van der Waals surface area (Å²) >= 11 is 5.31. The molecule has 0 aliphatic rings. The lowest BCUT2D eigenvalue weighted by molar-refractivity contribution is -0.118. The van der Waals surface area contributed by atoms with Crippen molar-refractivity contribution in [2.75, 3.05) is 7.11 Å². The van der Waals surface area contributed by atoms with Gasteiger partial charge in [-0.15, -0.1) is 0 Å². The normalized spacial score (nSPS) is 10.8. The molecule has 5 nitrogen and oxygen atoms in total. The van der Waals surface area contributed by atoms with E-state index in [9.17, 15) is 4.79 Å². The number of nitrogens with one attached hydrogen (secondary N) is 1. The quantitative estimate of drug-likeness (QED) is 0.630. The number of imidazole rings is 1. The summed E-state index contributed by atoms with van der Waals surface area (Å²) < 4.78 is 7.90. The average Bonchev–Trinajstić information content (AvgIpc) is 2.69. The molecule has 0 atom stereocenters. The molecule has 2 aromatic rings. The second kappa shape index (κ2) is 5.88. The number of benzene rings is 1. The highest BCUT2D eigenvalue weighted by atomic mass is 32.1. The predicted molar refractivity (Wildman–Crippen MR) is 76.7 cm³/mol. The summed E-state index contributed by atoms with van der Waals surface area (Å²) in [6.07, 6.45) is 2.07. The van der Waals surface area contributed by atoms with Gasteiger partial charge in [0.1, 0.15) is 5.75 Å². The molecule has 0 saturated heterocycles. The number of fused-ring (bicyclic) bond motifs is 1. The van der Waals surface area contributed by atoms with Crippen LogP contribution >= 0.6 is 12.2 Å². The van der Waals surface area contributed by atoms with Crippen molar-refractivity contribution >= 4 is 29.2 Å². The largest absolute Gasteiger partial charge is 0.497 e. The second-order valence-electron chi connectivity index (χ2n) is 4.39. The van der Waals surface area contributed by atoms with Crippen LogP contribution in [0.25, 0.3) is 11.0 Å². The lowest BCUT2D eigenvalue weighted by atomic mass is 10.2. The molecular weight excluding hydrogens is 262 g/mol. The topological polar surface area (TPSA) is 73.0 Å². The Hall–Kier alpha value is -1.82. The van der Waals surface area contributed by atoms with Crippen molar-refractivity contribution in [2.45, 2.75) is 25.8 Å². The Bertz CT molecular complexity index is 645. The van der Waals surface area contributed by atoms with Crippen molar-refractivity contribution in [3.05, 3.63) is 23.0 Å². The van der Waals surface area contributed by atoms with Gasteiger partial charge < -0.3 is 20.0 Å². The van der Waals surface area contributed by atoms with Crippen LogP contribution in [0.2, 0.25) is 0 Å². The zero-order chi connectivity index (χ0) is 13.8. The number of amides is 1. The smallest absolute Gasteiger partial charge is 0.217 e. The molecule has 1 heterocycles. The van der Waals surface area contributed by atoms with Gasteiger partial charge in [0.25, 0.3) is 0 Å². The Morgan fingerprint density at radius 2 is 2.26 bits per heavy atom. The number of rotatable bonds is 6. The van der Waals surface area contributed by atoms with Gasteiger partial charge in [0, 0.05) is 19.0 Å². The number of ether oxygens (including phenoxy) is 1. The van der Waals surface area contributed by atoms with Crippen LogP contribution in [-0.2, 0) is 11.3 Å². The molecule has 1 aromatic heterocycles. The average molecular weight is 279 g/mol. The molecule has 0 aliphatic carbocycles. The van der Waals surface area contributed by atoms with Crippen molar-refractivity contribution in [1.82, 2.24) is 9.55 Å². The number of primary amides is 1. The maximum atomic E-state index is 10.7. The molecule has 102 valence electrons. The van der Waals surface area contributed by atoms with Crippen LogP contribution in [0.5, 0.6) is 5.75 Å². The van der Waals surface area contributed by atoms with E-state index in [4.69, 9.17) is 22.7 Å². The molecule has 6 heteroatoms. The van der Waals surface area contributed by atoms with E-state index in [2.05, 4.69) is 4.98 Å². The predicted octanol–water partition coefficient (Wildman–Crippen LogP) is 2.36. The van der Waals surface area contributed by atoms with Gasteiger partial charge in [0.05, 0.1) is 18.1 Å². The number of aromatic amines is 1. The minimum absolute atomic E-state index is 0.257. The number of nitrogens with zero attached hydrogens (tertiary/aromatic N) is 1. The Labute approximate surface area is 116 Å². The maximum Gasteiger partial charge on any atom is 0.217 e. The third-order valence-electron chi connectivity index (χ3n) is 3.04. The Morgan fingerprint density at radius 3 is 2.95 bits per heavy atom. The summed E-state index contributed by atoms with van der Waals surface area (Å²) in [5.74, 6) is 0.539. The standard InChI is InChI=1S/C13H17N3O2S/c1-18-9-5-6-11-10(8-9)15-13(19)16(11)7-3-2-4-12(14)17/h5-6,8H,2-4,7H2,1H3,(H2,14,17)(H,15,19). The van der Waals surface area contributed by atoms with Crippen LogP contribution in [0, 0.1) is 4.77 Å². The van der Waals surface area contributed by atoms with Gasteiger partial charge in [-0.25, -0.2) is 0 Å². The minimum atomic E-state index is -0.257. The molecule has 2 rings (SSSR count). The van der Waals surface area contributed by atoms with E-state index < -0.39 is 0 Å². The highest BCUT2D eigenvalue weighted by Gasteiger charge is 2.05. The Balaban J connectivity index is 2.16. The molecule has 3 N–H and O–H groups in total.